The monoisotopic (exact) mass is 374 g/mol. The number of methoxy groups -OCH3 is 2. The van der Waals surface area contributed by atoms with Crippen LogP contribution in [0.15, 0.2) is 42.5 Å². The normalized spacial score (nSPS) is 10.2. The summed E-state index contributed by atoms with van der Waals surface area (Å²) in [5.41, 5.74) is 3.74. The number of aromatic nitrogens is 1. The Morgan fingerprint density at radius 1 is 0.962 bits per heavy atom. The summed E-state index contributed by atoms with van der Waals surface area (Å²) < 4.78 is 16.3. The van der Waals surface area contributed by atoms with Crippen molar-refractivity contribution in [2.75, 3.05) is 26.1 Å². The van der Waals surface area contributed by atoms with Gasteiger partial charge in [-0.25, -0.2) is 0 Å². The Balaban J connectivity index is 0.00000243. The summed E-state index contributed by atoms with van der Waals surface area (Å²) in [7, 11) is 3.25. The van der Waals surface area contributed by atoms with Crippen molar-refractivity contribution in [2.45, 2.75) is 13.8 Å². The third-order valence-electron chi connectivity index (χ3n) is 3.88. The number of hydrogen-bond acceptors (Lipinski definition) is 5. The van der Waals surface area contributed by atoms with Crippen LogP contribution in [0.2, 0.25) is 0 Å². The van der Waals surface area contributed by atoms with Crippen LogP contribution in [0.25, 0.3) is 10.9 Å². The molecule has 6 heteroatoms. The van der Waals surface area contributed by atoms with E-state index in [2.05, 4.69) is 10.3 Å². The van der Waals surface area contributed by atoms with Crippen LogP contribution in [-0.2, 0) is 0 Å². The van der Waals surface area contributed by atoms with Gasteiger partial charge in [-0.05, 0) is 50.2 Å². The lowest BCUT2D eigenvalue weighted by Gasteiger charge is -2.14. The Labute approximate surface area is 159 Å². The van der Waals surface area contributed by atoms with E-state index < -0.39 is 0 Å². The van der Waals surface area contributed by atoms with Gasteiger partial charge in [-0.3, -0.25) is 4.98 Å². The first kappa shape index (κ1) is 19.7. The molecule has 0 radical (unpaired) electrons. The van der Waals surface area contributed by atoms with Gasteiger partial charge in [-0.2, -0.15) is 0 Å². The molecule has 0 atom stereocenters. The summed E-state index contributed by atoms with van der Waals surface area (Å²) in [5, 5.41) is 4.46. The average Bonchev–Trinajstić information content (AvgIpc) is 2.62. The highest BCUT2D eigenvalue weighted by molar-refractivity contribution is 5.94. The van der Waals surface area contributed by atoms with E-state index in [0.717, 1.165) is 33.7 Å². The van der Waals surface area contributed by atoms with E-state index in [1.54, 1.807) is 14.2 Å². The van der Waals surface area contributed by atoms with Crippen LogP contribution >= 0.6 is 12.4 Å². The fraction of sp³-hybridized carbons (Fsp3) is 0.250. The van der Waals surface area contributed by atoms with Gasteiger partial charge in [0.1, 0.15) is 5.75 Å². The molecule has 1 N–H and O–H groups in total. The van der Waals surface area contributed by atoms with Crippen LogP contribution in [0, 0.1) is 6.92 Å². The summed E-state index contributed by atoms with van der Waals surface area (Å²) in [6, 6.07) is 13.7. The lowest BCUT2D eigenvalue weighted by atomic mass is 10.1. The zero-order valence-corrected chi connectivity index (χ0v) is 16.1. The summed E-state index contributed by atoms with van der Waals surface area (Å²) in [6.07, 6.45) is 0. The number of nitrogens with zero attached hydrogens (tertiary/aromatic N) is 1. The topological polar surface area (TPSA) is 52.6 Å². The Bertz CT molecular complexity index is 900. The van der Waals surface area contributed by atoms with Gasteiger partial charge in [0.25, 0.3) is 0 Å². The van der Waals surface area contributed by atoms with E-state index in [4.69, 9.17) is 14.2 Å². The van der Waals surface area contributed by atoms with Crippen LogP contribution in [0.3, 0.4) is 0 Å². The van der Waals surface area contributed by atoms with E-state index in [1.807, 2.05) is 56.3 Å². The van der Waals surface area contributed by atoms with Gasteiger partial charge in [-0.15, -0.1) is 12.4 Å². The Kier molecular flexibility index (Phi) is 6.52. The zero-order chi connectivity index (χ0) is 17.8. The predicted molar refractivity (Wildman–Crippen MR) is 108 cm³/mol. The zero-order valence-electron chi connectivity index (χ0n) is 15.3. The number of nitrogens with one attached hydrogen (secondary N) is 1. The minimum Gasteiger partial charge on any atom is -0.494 e. The second kappa shape index (κ2) is 8.63. The molecule has 2 aromatic carbocycles. The van der Waals surface area contributed by atoms with Crippen molar-refractivity contribution < 1.29 is 14.2 Å². The van der Waals surface area contributed by atoms with Crippen LogP contribution < -0.4 is 19.5 Å². The van der Waals surface area contributed by atoms with E-state index in [-0.39, 0.29) is 12.4 Å². The molecule has 1 heterocycles. The maximum atomic E-state index is 5.62. The molecule has 1 aromatic heterocycles. The molecule has 5 nitrogen and oxygen atoms in total. The molecule has 0 unspecified atom stereocenters. The van der Waals surface area contributed by atoms with Crippen LogP contribution in [0.4, 0.5) is 11.4 Å². The minimum atomic E-state index is 0. The second-order valence-electron chi connectivity index (χ2n) is 5.62. The molecule has 0 spiro atoms. The largest absolute Gasteiger partial charge is 0.494 e. The summed E-state index contributed by atoms with van der Waals surface area (Å²) in [4.78, 5) is 4.60. The number of rotatable bonds is 6. The molecule has 138 valence electrons. The molecule has 0 saturated carbocycles. The number of halogens is 1. The van der Waals surface area contributed by atoms with Crippen molar-refractivity contribution >= 4 is 34.7 Å². The fourth-order valence-corrected chi connectivity index (χ4v) is 2.77. The van der Waals surface area contributed by atoms with Crippen molar-refractivity contribution in [1.29, 1.82) is 0 Å². The minimum absolute atomic E-state index is 0. The number of benzene rings is 2. The highest BCUT2D eigenvalue weighted by Gasteiger charge is 2.09. The van der Waals surface area contributed by atoms with E-state index >= 15 is 0 Å². The maximum absolute atomic E-state index is 5.62. The Morgan fingerprint density at radius 3 is 2.42 bits per heavy atom. The average molecular weight is 375 g/mol. The van der Waals surface area contributed by atoms with Crippen molar-refractivity contribution in [3.05, 3.63) is 48.2 Å². The quantitative estimate of drug-likeness (QED) is 0.648. The standard InChI is InChI=1S/C20H22N2O3.ClH/c1-5-25-15-7-8-17-16(12-15)18(10-13(2)21-17)22-14-6-9-19(23-3)20(11-14)24-4;/h6-12H,5H2,1-4H3,(H,21,22);1H. The maximum Gasteiger partial charge on any atom is 0.162 e. The van der Waals surface area contributed by atoms with E-state index in [0.29, 0.717) is 18.1 Å². The van der Waals surface area contributed by atoms with Crippen molar-refractivity contribution in [3.63, 3.8) is 0 Å². The number of fused-ring (bicyclic) bond motifs is 1. The molecule has 26 heavy (non-hydrogen) atoms. The highest BCUT2D eigenvalue weighted by atomic mass is 35.5. The van der Waals surface area contributed by atoms with Gasteiger partial charge in [0.05, 0.1) is 26.3 Å². The summed E-state index contributed by atoms with van der Waals surface area (Å²) in [5.74, 6) is 2.20. The van der Waals surface area contributed by atoms with Gasteiger partial charge in [-0.1, -0.05) is 0 Å². The lowest BCUT2D eigenvalue weighted by molar-refractivity contribution is 0.340. The summed E-state index contributed by atoms with van der Waals surface area (Å²) >= 11 is 0. The second-order valence-corrected chi connectivity index (χ2v) is 5.62. The van der Waals surface area contributed by atoms with Gasteiger partial charge in [0.2, 0.25) is 0 Å². The molecule has 0 amide bonds. The number of aryl methyl sites for hydroxylation is 1. The smallest absolute Gasteiger partial charge is 0.162 e. The van der Waals surface area contributed by atoms with Gasteiger partial charge in [0.15, 0.2) is 11.5 Å². The van der Waals surface area contributed by atoms with Crippen molar-refractivity contribution in [3.8, 4) is 17.2 Å². The lowest BCUT2D eigenvalue weighted by Crippen LogP contribution is -1.97. The van der Waals surface area contributed by atoms with Gasteiger partial charge in [0, 0.05) is 28.5 Å². The first-order valence-corrected chi connectivity index (χ1v) is 8.18. The first-order chi connectivity index (χ1) is 12.1. The highest BCUT2D eigenvalue weighted by Crippen LogP contribution is 2.34. The first-order valence-electron chi connectivity index (χ1n) is 8.18. The molecular weight excluding hydrogens is 352 g/mol. The van der Waals surface area contributed by atoms with Crippen molar-refractivity contribution in [1.82, 2.24) is 4.98 Å². The fourth-order valence-electron chi connectivity index (χ4n) is 2.77. The predicted octanol–water partition coefficient (Wildman–Crippen LogP) is 5.12. The van der Waals surface area contributed by atoms with Crippen LogP contribution in [0.5, 0.6) is 17.2 Å². The Hall–Kier alpha value is -2.66. The molecule has 0 aliphatic heterocycles. The number of pyridine rings is 1. The molecule has 0 aliphatic carbocycles. The molecule has 0 aliphatic rings. The van der Waals surface area contributed by atoms with Crippen molar-refractivity contribution in [2.24, 2.45) is 0 Å². The molecular formula is C20H23ClN2O3. The number of anilines is 2. The van der Waals surface area contributed by atoms with Crippen LogP contribution in [-0.4, -0.2) is 25.8 Å². The van der Waals surface area contributed by atoms with Gasteiger partial charge < -0.3 is 19.5 Å². The SMILES string of the molecule is CCOc1ccc2nc(C)cc(Nc3ccc(OC)c(OC)c3)c2c1.Cl. The van der Waals surface area contributed by atoms with Gasteiger partial charge >= 0.3 is 0 Å². The van der Waals surface area contributed by atoms with E-state index in [9.17, 15) is 0 Å². The molecule has 3 aromatic rings. The third-order valence-corrected chi connectivity index (χ3v) is 3.88. The molecule has 3 rings (SSSR count). The molecule has 0 bridgehead atoms. The number of hydrogen-bond donors (Lipinski definition) is 1. The Morgan fingerprint density at radius 2 is 1.73 bits per heavy atom. The summed E-state index contributed by atoms with van der Waals surface area (Å²) in [6.45, 7) is 4.58. The molecule has 0 saturated heterocycles. The third kappa shape index (κ3) is 4.11. The molecule has 0 fully saturated rings. The number of ether oxygens (including phenoxy) is 3. The van der Waals surface area contributed by atoms with Crippen LogP contribution in [0.1, 0.15) is 12.6 Å². The van der Waals surface area contributed by atoms with E-state index in [1.165, 1.54) is 0 Å².